The largest absolute Gasteiger partial charge is 0.338 e. The lowest BCUT2D eigenvalue weighted by Crippen LogP contribution is -2.69. The average Bonchev–Trinajstić information content (AvgIpc) is 2.44. The predicted octanol–water partition coefficient (Wildman–Crippen LogP) is 2.77. The van der Waals surface area contributed by atoms with E-state index in [1.54, 1.807) is 0 Å². The Hall–Kier alpha value is -1.35. The van der Waals surface area contributed by atoms with E-state index in [4.69, 9.17) is 5.73 Å². The number of carbonyl (C=O) groups excluding carboxylic acids is 1. The second-order valence-electron chi connectivity index (χ2n) is 6.18. The lowest BCUT2D eigenvalue weighted by molar-refractivity contribution is -0.141. The van der Waals surface area contributed by atoms with E-state index in [2.05, 4.69) is 32.9 Å². The molecule has 1 fully saturated rings. The van der Waals surface area contributed by atoms with Gasteiger partial charge in [-0.05, 0) is 17.9 Å². The number of hydrogen-bond donors (Lipinski definition) is 1. The molecule has 0 spiro atoms. The van der Waals surface area contributed by atoms with Crippen LogP contribution in [-0.4, -0.2) is 29.4 Å². The van der Waals surface area contributed by atoms with Gasteiger partial charge in [0.05, 0.1) is 11.5 Å². The molecule has 0 aromatic heterocycles. The zero-order valence-corrected chi connectivity index (χ0v) is 12.8. The molecule has 110 valence electrons. The first-order valence-electron chi connectivity index (χ1n) is 7.63. The number of nitrogens with zero attached hydrogens (tertiary/aromatic N) is 1. The first-order valence-corrected chi connectivity index (χ1v) is 7.63. The van der Waals surface area contributed by atoms with Gasteiger partial charge in [0, 0.05) is 13.1 Å². The number of rotatable bonds is 5. The molecular formula is C17H26N2O. The molecule has 0 bridgehead atoms. The van der Waals surface area contributed by atoms with Gasteiger partial charge in [0.2, 0.25) is 5.91 Å². The summed E-state index contributed by atoms with van der Waals surface area (Å²) in [6, 6.07) is 10.1. The standard InChI is InChI=1S/C17H26N2O/c1-4-13(3)15(14-9-7-6-8-10-14)16(20)19-11-17(18,5-2)12-19/h6-10,13,15H,4-5,11-12,18H2,1-3H3. The Morgan fingerprint density at radius 2 is 1.90 bits per heavy atom. The molecule has 3 nitrogen and oxygen atoms in total. The topological polar surface area (TPSA) is 46.3 Å². The Morgan fingerprint density at radius 1 is 1.30 bits per heavy atom. The Kier molecular flexibility index (Phi) is 4.48. The molecule has 1 amide bonds. The molecule has 1 aromatic rings. The van der Waals surface area contributed by atoms with Crippen molar-refractivity contribution in [1.29, 1.82) is 0 Å². The molecule has 1 saturated heterocycles. The van der Waals surface area contributed by atoms with Crippen LogP contribution in [0.25, 0.3) is 0 Å². The minimum absolute atomic E-state index is 0.0393. The normalized spacial score (nSPS) is 20.1. The molecule has 2 atom stereocenters. The third-order valence-corrected chi connectivity index (χ3v) is 4.67. The van der Waals surface area contributed by atoms with E-state index in [1.807, 2.05) is 23.1 Å². The zero-order valence-electron chi connectivity index (χ0n) is 12.8. The Bertz CT molecular complexity index is 451. The summed E-state index contributed by atoms with van der Waals surface area (Å²) < 4.78 is 0. The maximum Gasteiger partial charge on any atom is 0.230 e. The van der Waals surface area contributed by atoms with Crippen molar-refractivity contribution in [2.24, 2.45) is 11.7 Å². The SMILES string of the molecule is CCC(C)C(C(=O)N1CC(N)(CC)C1)c1ccccc1. The molecule has 2 rings (SSSR count). The highest BCUT2D eigenvalue weighted by Gasteiger charge is 2.43. The van der Waals surface area contributed by atoms with Gasteiger partial charge >= 0.3 is 0 Å². The number of likely N-dealkylation sites (tertiary alicyclic amines) is 1. The Morgan fingerprint density at radius 3 is 2.40 bits per heavy atom. The van der Waals surface area contributed by atoms with Crippen LogP contribution in [0.15, 0.2) is 30.3 Å². The summed E-state index contributed by atoms with van der Waals surface area (Å²) in [4.78, 5) is 14.7. The van der Waals surface area contributed by atoms with Gasteiger partial charge < -0.3 is 10.6 Å². The maximum absolute atomic E-state index is 12.8. The molecule has 1 heterocycles. The predicted molar refractivity (Wildman–Crippen MR) is 82.4 cm³/mol. The molecule has 1 aromatic carbocycles. The van der Waals surface area contributed by atoms with E-state index in [0.717, 1.165) is 18.4 Å². The van der Waals surface area contributed by atoms with Crippen molar-refractivity contribution in [3.05, 3.63) is 35.9 Å². The molecule has 3 heteroatoms. The lowest BCUT2D eigenvalue weighted by Gasteiger charge is -2.49. The van der Waals surface area contributed by atoms with Crippen LogP contribution in [0.2, 0.25) is 0 Å². The fourth-order valence-corrected chi connectivity index (χ4v) is 2.90. The first kappa shape index (κ1) is 15.0. The van der Waals surface area contributed by atoms with Crippen molar-refractivity contribution in [1.82, 2.24) is 4.90 Å². The molecule has 1 aliphatic heterocycles. The number of amides is 1. The fraction of sp³-hybridized carbons (Fsp3) is 0.588. The number of benzene rings is 1. The van der Waals surface area contributed by atoms with Crippen molar-refractivity contribution in [2.45, 2.75) is 45.1 Å². The minimum Gasteiger partial charge on any atom is -0.338 e. The number of hydrogen-bond acceptors (Lipinski definition) is 2. The Balaban J connectivity index is 2.15. The zero-order chi connectivity index (χ0) is 14.8. The van der Waals surface area contributed by atoms with Crippen LogP contribution >= 0.6 is 0 Å². The van der Waals surface area contributed by atoms with E-state index < -0.39 is 0 Å². The average molecular weight is 274 g/mol. The summed E-state index contributed by atoms with van der Waals surface area (Å²) in [7, 11) is 0. The van der Waals surface area contributed by atoms with Crippen LogP contribution < -0.4 is 5.73 Å². The van der Waals surface area contributed by atoms with Gasteiger partial charge in [-0.2, -0.15) is 0 Å². The van der Waals surface area contributed by atoms with Gasteiger partial charge in [-0.25, -0.2) is 0 Å². The molecule has 2 unspecified atom stereocenters. The molecule has 0 aliphatic carbocycles. The summed E-state index contributed by atoms with van der Waals surface area (Å²) in [6.07, 6.45) is 1.93. The van der Waals surface area contributed by atoms with Gasteiger partial charge in [-0.15, -0.1) is 0 Å². The summed E-state index contributed by atoms with van der Waals surface area (Å²) in [5.74, 6) is 0.544. The van der Waals surface area contributed by atoms with Gasteiger partial charge in [-0.1, -0.05) is 57.5 Å². The van der Waals surface area contributed by atoms with Gasteiger partial charge in [0.25, 0.3) is 0 Å². The van der Waals surface area contributed by atoms with E-state index >= 15 is 0 Å². The third-order valence-electron chi connectivity index (χ3n) is 4.67. The van der Waals surface area contributed by atoms with E-state index in [0.29, 0.717) is 19.0 Å². The smallest absolute Gasteiger partial charge is 0.230 e. The number of nitrogens with two attached hydrogens (primary N) is 1. The van der Waals surface area contributed by atoms with Crippen molar-refractivity contribution >= 4 is 5.91 Å². The quantitative estimate of drug-likeness (QED) is 0.897. The molecule has 0 saturated carbocycles. The van der Waals surface area contributed by atoms with Crippen LogP contribution in [0.5, 0.6) is 0 Å². The number of carbonyl (C=O) groups is 1. The molecule has 20 heavy (non-hydrogen) atoms. The van der Waals surface area contributed by atoms with Gasteiger partial charge in [-0.3, -0.25) is 4.79 Å². The highest BCUT2D eigenvalue weighted by Crippen LogP contribution is 2.32. The monoisotopic (exact) mass is 274 g/mol. The van der Waals surface area contributed by atoms with E-state index in [1.165, 1.54) is 0 Å². The first-order chi connectivity index (χ1) is 9.50. The van der Waals surface area contributed by atoms with Crippen LogP contribution in [0.4, 0.5) is 0 Å². The van der Waals surface area contributed by atoms with Gasteiger partial charge in [0.15, 0.2) is 0 Å². The molecule has 0 radical (unpaired) electrons. The van der Waals surface area contributed by atoms with Crippen LogP contribution in [-0.2, 0) is 4.79 Å². The van der Waals surface area contributed by atoms with Crippen molar-refractivity contribution < 1.29 is 4.79 Å². The van der Waals surface area contributed by atoms with Crippen molar-refractivity contribution in [2.75, 3.05) is 13.1 Å². The maximum atomic E-state index is 12.8. The second kappa shape index (κ2) is 5.96. The molecular weight excluding hydrogens is 248 g/mol. The Labute approximate surface area is 122 Å². The van der Waals surface area contributed by atoms with E-state index in [9.17, 15) is 4.79 Å². The van der Waals surface area contributed by atoms with Crippen molar-refractivity contribution in [3.63, 3.8) is 0 Å². The second-order valence-corrected chi connectivity index (χ2v) is 6.18. The molecule has 1 aliphatic rings. The summed E-state index contributed by atoms with van der Waals surface area (Å²) in [5.41, 5.74) is 7.15. The summed E-state index contributed by atoms with van der Waals surface area (Å²) in [6.45, 7) is 7.78. The summed E-state index contributed by atoms with van der Waals surface area (Å²) >= 11 is 0. The van der Waals surface area contributed by atoms with E-state index in [-0.39, 0.29) is 17.4 Å². The highest BCUT2D eigenvalue weighted by molar-refractivity contribution is 5.85. The van der Waals surface area contributed by atoms with Crippen LogP contribution in [0.3, 0.4) is 0 Å². The van der Waals surface area contributed by atoms with Gasteiger partial charge in [0.1, 0.15) is 0 Å². The van der Waals surface area contributed by atoms with Crippen LogP contribution in [0, 0.1) is 5.92 Å². The molecule has 2 N–H and O–H groups in total. The fourth-order valence-electron chi connectivity index (χ4n) is 2.90. The summed E-state index contributed by atoms with van der Waals surface area (Å²) in [5, 5.41) is 0. The van der Waals surface area contributed by atoms with Crippen molar-refractivity contribution in [3.8, 4) is 0 Å². The van der Waals surface area contributed by atoms with Crippen LogP contribution in [0.1, 0.15) is 45.1 Å². The third kappa shape index (κ3) is 2.88. The lowest BCUT2D eigenvalue weighted by atomic mass is 9.81. The highest BCUT2D eigenvalue weighted by atomic mass is 16.2. The minimum atomic E-state index is -0.160.